The van der Waals surface area contributed by atoms with Crippen molar-refractivity contribution in [3.05, 3.63) is 112 Å². The first-order valence-electron chi connectivity index (χ1n) is 9.19. The number of nitrogens with zero attached hydrogens (tertiary/aromatic N) is 1. The maximum Gasteiger partial charge on any atom is 0.194 e. The van der Waals surface area contributed by atoms with Gasteiger partial charge in [-0.2, -0.15) is 0 Å². The molecule has 0 saturated heterocycles. The fourth-order valence-electron chi connectivity index (χ4n) is 3.44. The summed E-state index contributed by atoms with van der Waals surface area (Å²) in [6.45, 7) is 4.01. The van der Waals surface area contributed by atoms with Crippen molar-refractivity contribution in [2.75, 3.05) is 0 Å². The molecule has 1 heterocycles. The lowest BCUT2D eigenvalue weighted by molar-refractivity contribution is 0.103. The number of para-hydroxylation sites is 1. The highest BCUT2D eigenvalue weighted by Gasteiger charge is 2.20. The largest absolute Gasteiger partial charge is 0.313 e. The molecule has 4 rings (SSSR count). The van der Waals surface area contributed by atoms with Gasteiger partial charge in [0.25, 0.3) is 0 Å². The molecule has 1 aromatic heterocycles. The van der Waals surface area contributed by atoms with Crippen LogP contribution in [0.1, 0.15) is 27.2 Å². The van der Waals surface area contributed by atoms with E-state index in [0.717, 1.165) is 28.2 Å². The maximum atomic E-state index is 13.2. The molecule has 0 atom stereocenters. The van der Waals surface area contributed by atoms with Crippen molar-refractivity contribution >= 4 is 17.4 Å². The smallest absolute Gasteiger partial charge is 0.194 e. The molecule has 2 nitrogen and oxygen atoms in total. The third-order valence-electron chi connectivity index (χ3n) is 4.96. The molecule has 0 aliphatic heterocycles. The third-order valence-corrected chi connectivity index (χ3v) is 5.21. The fourth-order valence-corrected chi connectivity index (χ4v) is 3.57. The van der Waals surface area contributed by atoms with Gasteiger partial charge in [0.1, 0.15) is 0 Å². The van der Waals surface area contributed by atoms with Crippen LogP contribution < -0.4 is 0 Å². The van der Waals surface area contributed by atoms with Gasteiger partial charge in [0.05, 0.1) is 5.69 Å². The van der Waals surface area contributed by atoms with Crippen molar-refractivity contribution in [1.29, 1.82) is 0 Å². The van der Waals surface area contributed by atoms with Gasteiger partial charge in [-0.05, 0) is 49.7 Å². The van der Waals surface area contributed by atoms with Crippen LogP contribution in [0.2, 0.25) is 5.02 Å². The van der Waals surface area contributed by atoms with Gasteiger partial charge in [0, 0.05) is 27.5 Å². The minimum atomic E-state index is 0.0300. The molecule has 0 radical (unpaired) electrons. The van der Waals surface area contributed by atoms with Crippen molar-refractivity contribution in [3.8, 4) is 16.9 Å². The molecule has 0 bridgehead atoms. The maximum absolute atomic E-state index is 13.2. The molecule has 3 heteroatoms. The van der Waals surface area contributed by atoms with Crippen LogP contribution in [0.4, 0.5) is 0 Å². The molecule has 3 aromatic carbocycles. The molecular weight excluding hydrogens is 366 g/mol. The van der Waals surface area contributed by atoms with Gasteiger partial charge in [0.15, 0.2) is 5.78 Å². The highest BCUT2D eigenvalue weighted by atomic mass is 35.5. The summed E-state index contributed by atoms with van der Waals surface area (Å²) in [5.41, 5.74) is 6.46. The lowest BCUT2D eigenvalue weighted by atomic mass is 10.0. The number of carbonyl (C=O) groups excluding carboxylic acids is 1. The Bertz CT molecular complexity index is 1120. The van der Waals surface area contributed by atoms with Gasteiger partial charge in [-0.15, -0.1) is 0 Å². The van der Waals surface area contributed by atoms with Crippen molar-refractivity contribution in [1.82, 2.24) is 4.57 Å². The minimum Gasteiger partial charge on any atom is -0.313 e. The second kappa shape index (κ2) is 7.49. The molecule has 0 fully saturated rings. The summed E-state index contributed by atoms with van der Waals surface area (Å²) in [6.07, 6.45) is 0. The second-order valence-corrected chi connectivity index (χ2v) is 7.34. The van der Waals surface area contributed by atoms with E-state index in [0.29, 0.717) is 16.1 Å². The average molecular weight is 386 g/mol. The molecular formula is C25H20ClNO. The van der Waals surface area contributed by atoms with Crippen LogP contribution in [0.25, 0.3) is 16.9 Å². The summed E-state index contributed by atoms with van der Waals surface area (Å²) in [7, 11) is 0. The van der Waals surface area contributed by atoms with Crippen molar-refractivity contribution in [2.45, 2.75) is 13.8 Å². The Kier molecular flexibility index (Phi) is 4.89. The number of benzene rings is 3. The number of rotatable bonds is 4. The van der Waals surface area contributed by atoms with E-state index in [-0.39, 0.29) is 5.78 Å². The summed E-state index contributed by atoms with van der Waals surface area (Å²) in [6, 6.07) is 27.5. The first-order chi connectivity index (χ1) is 13.5. The van der Waals surface area contributed by atoms with E-state index in [1.165, 1.54) is 0 Å². The number of carbonyl (C=O) groups is 1. The predicted molar refractivity (Wildman–Crippen MR) is 116 cm³/mol. The standard InChI is InChI=1S/C25H20ClNO/c1-17-8-10-20(11-9-17)25(28)23-16-24(19-12-14-21(26)15-13-19)27(18(23)2)22-6-4-3-5-7-22/h3-16H,1-2H3. The lowest BCUT2D eigenvalue weighted by Gasteiger charge is -2.12. The molecule has 0 aliphatic rings. The van der Waals surface area contributed by atoms with Crippen LogP contribution in [-0.4, -0.2) is 10.4 Å². The molecule has 28 heavy (non-hydrogen) atoms. The summed E-state index contributed by atoms with van der Waals surface area (Å²) >= 11 is 6.07. The Hall–Kier alpha value is -3.10. The number of ketones is 1. The first-order valence-corrected chi connectivity index (χ1v) is 9.57. The van der Waals surface area contributed by atoms with Gasteiger partial charge in [0.2, 0.25) is 0 Å². The van der Waals surface area contributed by atoms with Crippen LogP contribution >= 0.6 is 11.6 Å². The Morgan fingerprint density at radius 1 is 0.821 bits per heavy atom. The highest BCUT2D eigenvalue weighted by molar-refractivity contribution is 6.30. The van der Waals surface area contributed by atoms with E-state index in [1.54, 1.807) is 0 Å². The van der Waals surface area contributed by atoms with E-state index >= 15 is 0 Å². The average Bonchev–Trinajstić information content (AvgIpc) is 3.06. The Morgan fingerprint density at radius 2 is 1.46 bits per heavy atom. The highest BCUT2D eigenvalue weighted by Crippen LogP contribution is 2.31. The number of halogens is 1. The first kappa shape index (κ1) is 18.3. The number of hydrogen-bond acceptors (Lipinski definition) is 1. The Balaban J connectivity index is 1.90. The number of aryl methyl sites for hydroxylation is 1. The molecule has 0 saturated carbocycles. The van der Waals surface area contributed by atoms with E-state index < -0.39 is 0 Å². The summed E-state index contributed by atoms with van der Waals surface area (Å²) in [5.74, 6) is 0.0300. The Morgan fingerprint density at radius 3 is 2.11 bits per heavy atom. The third kappa shape index (κ3) is 3.39. The molecule has 0 amide bonds. The molecule has 138 valence electrons. The minimum absolute atomic E-state index is 0.0300. The molecule has 0 aliphatic carbocycles. The monoisotopic (exact) mass is 385 g/mol. The van der Waals surface area contributed by atoms with Gasteiger partial charge in [-0.1, -0.05) is 71.8 Å². The van der Waals surface area contributed by atoms with Crippen LogP contribution in [0, 0.1) is 13.8 Å². The molecule has 0 N–H and O–H groups in total. The Labute approximate surface area is 170 Å². The molecule has 0 spiro atoms. The zero-order valence-electron chi connectivity index (χ0n) is 15.8. The number of aromatic nitrogens is 1. The van der Waals surface area contributed by atoms with E-state index in [4.69, 9.17) is 11.6 Å². The SMILES string of the molecule is Cc1ccc(C(=O)c2cc(-c3ccc(Cl)cc3)n(-c3ccccc3)c2C)cc1. The lowest BCUT2D eigenvalue weighted by Crippen LogP contribution is -2.04. The second-order valence-electron chi connectivity index (χ2n) is 6.90. The van der Waals surface area contributed by atoms with Gasteiger partial charge in [-0.25, -0.2) is 0 Å². The zero-order valence-corrected chi connectivity index (χ0v) is 16.6. The summed E-state index contributed by atoms with van der Waals surface area (Å²) < 4.78 is 2.13. The van der Waals surface area contributed by atoms with Crippen molar-refractivity contribution in [3.63, 3.8) is 0 Å². The topological polar surface area (TPSA) is 22.0 Å². The summed E-state index contributed by atoms with van der Waals surface area (Å²) in [4.78, 5) is 13.2. The van der Waals surface area contributed by atoms with Crippen molar-refractivity contribution in [2.24, 2.45) is 0 Å². The van der Waals surface area contributed by atoms with Gasteiger partial charge in [-0.3, -0.25) is 4.79 Å². The van der Waals surface area contributed by atoms with E-state index in [9.17, 15) is 4.79 Å². The van der Waals surface area contributed by atoms with Crippen LogP contribution in [0.5, 0.6) is 0 Å². The van der Waals surface area contributed by atoms with Gasteiger partial charge < -0.3 is 4.57 Å². The quantitative estimate of drug-likeness (QED) is 0.360. The summed E-state index contributed by atoms with van der Waals surface area (Å²) in [5, 5.41) is 0.689. The van der Waals surface area contributed by atoms with Gasteiger partial charge >= 0.3 is 0 Å². The van der Waals surface area contributed by atoms with E-state index in [1.807, 2.05) is 98.8 Å². The number of hydrogen-bond donors (Lipinski definition) is 0. The molecule has 4 aromatic rings. The predicted octanol–water partition coefficient (Wildman–Crippen LogP) is 6.65. The van der Waals surface area contributed by atoms with Crippen LogP contribution in [-0.2, 0) is 0 Å². The zero-order chi connectivity index (χ0) is 19.7. The van der Waals surface area contributed by atoms with Crippen molar-refractivity contribution < 1.29 is 4.79 Å². The molecule has 0 unspecified atom stereocenters. The normalized spacial score (nSPS) is 10.8. The van der Waals surface area contributed by atoms with E-state index in [2.05, 4.69) is 4.57 Å². The fraction of sp³-hybridized carbons (Fsp3) is 0.0800. The van der Waals surface area contributed by atoms with Crippen LogP contribution in [0.15, 0.2) is 84.9 Å². The van der Waals surface area contributed by atoms with Crippen LogP contribution in [0.3, 0.4) is 0 Å².